The van der Waals surface area contributed by atoms with Crippen LogP contribution in [0.15, 0.2) is 35.5 Å². The normalized spacial score (nSPS) is 17.2. The van der Waals surface area contributed by atoms with Crippen molar-refractivity contribution < 1.29 is 14.3 Å². The summed E-state index contributed by atoms with van der Waals surface area (Å²) in [7, 11) is 1.63. The summed E-state index contributed by atoms with van der Waals surface area (Å²) in [6, 6.07) is 7.85. The highest BCUT2D eigenvalue weighted by atomic mass is 16.5. The molecule has 1 aliphatic heterocycles. The Kier molecular flexibility index (Phi) is 5.59. The van der Waals surface area contributed by atoms with Crippen molar-refractivity contribution in [3.05, 3.63) is 63.7 Å². The van der Waals surface area contributed by atoms with Crippen LogP contribution in [0.3, 0.4) is 0 Å². The van der Waals surface area contributed by atoms with E-state index in [9.17, 15) is 4.79 Å². The fraction of sp³-hybridized carbons (Fsp3) is 0.385. The van der Waals surface area contributed by atoms with Gasteiger partial charge >= 0.3 is 0 Å². The van der Waals surface area contributed by atoms with E-state index >= 15 is 0 Å². The van der Waals surface area contributed by atoms with E-state index < -0.39 is 0 Å². The summed E-state index contributed by atoms with van der Waals surface area (Å²) >= 11 is 0. The van der Waals surface area contributed by atoms with Gasteiger partial charge < -0.3 is 14.8 Å². The van der Waals surface area contributed by atoms with Crippen molar-refractivity contribution in [1.82, 2.24) is 19.7 Å². The lowest BCUT2D eigenvalue weighted by molar-refractivity contribution is -0.116. The molecule has 2 aliphatic rings. The van der Waals surface area contributed by atoms with Gasteiger partial charge in [0.1, 0.15) is 5.82 Å². The highest BCUT2D eigenvalue weighted by molar-refractivity contribution is 6.01. The first-order valence-electron chi connectivity index (χ1n) is 11.7. The number of carbonyl (C=O) groups excluding carboxylic acids is 1. The summed E-state index contributed by atoms with van der Waals surface area (Å²) in [5, 5.41) is 8.37. The van der Waals surface area contributed by atoms with Gasteiger partial charge in [-0.1, -0.05) is 6.07 Å². The van der Waals surface area contributed by atoms with Gasteiger partial charge in [-0.05, 0) is 64.3 Å². The molecule has 0 radical (unpaired) electrons. The van der Waals surface area contributed by atoms with Crippen molar-refractivity contribution >= 4 is 11.6 Å². The minimum Gasteiger partial charge on any atom is -0.493 e. The van der Waals surface area contributed by atoms with E-state index in [-0.39, 0.29) is 11.7 Å². The molecule has 0 fully saturated rings. The van der Waals surface area contributed by atoms with E-state index in [0.717, 1.165) is 58.1 Å². The van der Waals surface area contributed by atoms with Gasteiger partial charge in [-0.25, -0.2) is 9.97 Å². The first-order chi connectivity index (χ1) is 16.4. The van der Waals surface area contributed by atoms with E-state index in [0.29, 0.717) is 30.5 Å². The summed E-state index contributed by atoms with van der Waals surface area (Å²) in [5.41, 5.74) is 6.27. The third-order valence-corrected chi connectivity index (χ3v) is 6.39. The highest BCUT2D eigenvalue weighted by Crippen LogP contribution is 2.48. The SMILES string of the molecule is CCOc1ccc([C@H]2C3=C(CCCC3=O)Nc3c2c(C)nn3-c2nc(C)cc(C)n2)cc1OC. The zero-order valence-electron chi connectivity index (χ0n) is 20.2. The van der Waals surface area contributed by atoms with Crippen molar-refractivity contribution in [3.63, 3.8) is 0 Å². The molecular weight excluding hydrogens is 430 g/mol. The van der Waals surface area contributed by atoms with Crippen LogP contribution < -0.4 is 14.8 Å². The standard InChI is InChI=1S/C26H29N5O3/c1-6-34-20-11-10-17(13-21(20)33-5)23-22-16(4)30-31(26-27-14(2)12-15(3)28-26)25(22)29-18-8-7-9-19(32)24(18)23/h10-13,23,29H,6-9H2,1-5H3/t23-/m1/s1. The summed E-state index contributed by atoms with van der Waals surface area (Å²) in [6.45, 7) is 8.35. The molecule has 0 saturated carbocycles. The monoisotopic (exact) mass is 459 g/mol. The van der Waals surface area contributed by atoms with Crippen molar-refractivity contribution in [3.8, 4) is 17.4 Å². The molecule has 0 bridgehead atoms. The fourth-order valence-electron chi connectivity index (χ4n) is 5.04. The van der Waals surface area contributed by atoms with Gasteiger partial charge in [0.2, 0.25) is 0 Å². The Morgan fingerprint density at radius 2 is 1.85 bits per heavy atom. The van der Waals surface area contributed by atoms with Crippen LogP contribution in [0.2, 0.25) is 0 Å². The van der Waals surface area contributed by atoms with E-state index in [4.69, 9.17) is 14.6 Å². The Hall–Kier alpha value is -3.68. The Balaban J connectivity index is 1.73. The van der Waals surface area contributed by atoms with Gasteiger partial charge in [0.05, 0.1) is 19.4 Å². The second-order valence-electron chi connectivity index (χ2n) is 8.78. The number of aromatic nitrogens is 4. The van der Waals surface area contributed by atoms with Crippen LogP contribution in [0.5, 0.6) is 11.5 Å². The summed E-state index contributed by atoms with van der Waals surface area (Å²) in [5.74, 6) is 2.57. The smallest absolute Gasteiger partial charge is 0.252 e. The number of carbonyl (C=O) groups is 1. The second kappa shape index (κ2) is 8.59. The van der Waals surface area contributed by atoms with Crippen LogP contribution in [0.1, 0.15) is 60.3 Å². The molecule has 8 heteroatoms. The third-order valence-electron chi connectivity index (χ3n) is 6.39. The van der Waals surface area contributed by atoms with Crippen LogP contribution in [0.25, 0.3) is 5.95 Å². The summed E-state index contributed by atoms with van der Waals surface area (Å²) in [6.07, 6.45) is 2.18. The lowest BCUT2D eigenvalue weighted by Gasteiger charge is -2.33. The van der Waals surface area contributed by atoms with E-state index in [1.807, 2.05) is 52.0 Å². The number of benzene rings is 1. The molecular formula is C26H29N5O3. The van der Waals surface area contributed by atoms with Crippen molar-refractivity contribution in [2.45, 2.75) is 52.9 Å². The van der Waals surface area contributed by atoms with Gasteiger partial charge in [0.15, 0.2) is 17.3 Å². The third kappa shape index (κ3) is 3.63. The first-order valence-corrected chi connectivity index (χ1v) is 11.7. The Bertz CT molecular complexity index is 1300. The highest BCUT2D eigenvalue weighted by Gasteiger charge is 2.39. The maximum absolute atomic E-state index is 13.2. The molecule has 1 aliphatic carbocycles. The molecule has 34 heavy (non-hydrogen) atoms. The molecule has 0 spiro atoms. The number of Topliss-reactive ketones (excluding diaryl/α,β-unsaturated/α-hetero) is 1. The zero-order valence-corrected chi connectivity index (χ0v) is 20.2. The molecule has 3 heterocycles. The lowest BCUT2D eigenvalue weighted by Crippen LogP contribution is -2.27. The molecule has 1 aromatic carbocycles. The largest absolute Gasteiger partial charge is 0.493 e. The number of rotatable bonds is 5. The molecule has 176 valence electrons. The number of anilines is 1. The molecule has 1 N–H and O–H groups in total. The fourth-order valence-corrected chi connectivity index (χ4v) is 5.04. The summed E-state index contributed by atoms with van der Waals surface area (Å²) in [4.78, 5) is 22.5. The number of aryl methyl sites for hydroxylation is 3. The molecule has 0 unspecified atom stereocenters. The number of fused-ring (bicyclic) bond motifs is 1. The van der Waals surface area contributed by atoms with Crippen LogP contribution in [0.4, 0.5) is 5.82 Å². The Morgan fingerprint density at radius 1 is 1.09 bits per heavy atom. The second-order valence-corrected chi connectivity index (χ2v) is 8.78. The number of nitrogens with zero attached hydrogens (tertiary/aromatic N) is 4. The average molecular weight is 460 g/mol. The van der Waals surface area contributed by atoms with E-state index in [1.54, 1.807) is 11.8 Å². The Morgan fingerprint density at radius 3 is 2.56 bits per heavy atom. The number of hydrogen-bond acceptors (Lipinski definition) is 7. The maximum atomic E-state index is 13.2. The minimum absolute atomic E-state index is 0.173. The van der Waals surface area contributed by atoms with Crippen molar-refractivity contribution in [2.24, 2.45) is 0 Å². The van der Waals surface area contributed by atoms with Gasteiger partial charge in [-0.3, -0.25) is 4.79 Å². The predicted molar refractivity (Wildman–Crippen MR) is 129 cm³/mol. The van der Waals surface area contributed by atoms with Crippen molar-refractivity contribution in [1.29, 1.82) is 0 Å². The maximum Gasteiger partial charge on any atom is 0.252 e. The number of nitrogens with one attached hydrogen (secondary N) is 1. The molecule has 3 aromatic rings. The molecule has 0 saturated heterocycles. The van der Waals surface area contributed by atoms with Gasteiger partial charge in [0.25, 0.3) is 5.95 Å². The van der Waals surface area contributed by atoms with Gasteiger partial charge in [-0.2, -0.15) is 9.78 Å². The van der Waals surface area contributed by atoms with Crippen molar-refractivity contribution in [2.75, 3.05) is 19.0 Å². The van der Waals surface area contributed by atoms with Gasteiger partial charge in [-0.15, -0.1) is 0 Å². The predicted octanol–water partition coefficient (Wildman–Crippen LogP) is 4.56. The van der Waals surface area contributed by atoms with Gasteiger partial charge in [0, 0.05) is 40.6 Å². The van der Waals surface area contributed by atoms with Crippen LogP contribution in [-0.4, -0.2) is 39.2 Å². The average Bonchev–Trinajstić information content (AvgIpc) is 3.14. The first kappa shape index (κ1) is 22.1. The lowest BCUT2D eigenvalue weighted by atomic mass is 9.76. The quantitative estimate of drug-likeness (QED) is 0.598. The molecule has 0 amide bonds. The van der Waals surface area contributed by atoms with Crippen LogP contribution in [0, 0.1) is 20.8 Å². The number of ketones is 1. The number of methoxy groups -OCH3 is 1. The topological polar surface area (TPSA) is 91.2 Å². The minimum atomic E-state index is -0.261. The molecule has 2 aromatic heterocycles. The number of allylic oxidation sites excluding steroid dienone is 2. The Labute approximate surface area is 199 Å². The number of ether oxygens (including phenoxy) is 2. The van der Waals surface area contributed by atoms with Crippen LogP contribution >= 0.6 is 0 Å². The molecule has 5 rings (SSSR count). The molecule has 8 nitrogen and oxygen atoms in total. The summed E-state index contributed by atoms with van der Waals surface area (Å²) < 4.78 is 13.1. The number of hydrogen-bond donors (Lipinski definition) is 1. The zero-order chi connectivity index (χ0) is 24.0. The van der Waals surface area contributed by atoms with E-state index in [2.05, 4.69) is 15.3 Å². The van der Waals surface area contributed by atoms with Crippen LogP contribution in [-0.2, 0) is 4.79 Å². The molecule has 1 atom stereocenters. The van der Waals surface area contributed by atoms with E-state index in [1.165, 1.54) is 0 Å².